The Balaban J connectivity index is 1.71. The first kappa shape index (κ1) is 26.3. The maximum atomic E-state index is 14.2. The highest BCUT2D eigenvalue weighted by Crippen LogP contribution is 2.36. The molecule has 0 spiro atoms. The van der Waals surface area contributed by atoms with Crippen LogP contribution < -0.4 is 4.90 Å². The molecule has 2 atom stereocenters. The Morgan fingerprint density at radius 2 is 1.73 bits per heavy atom. The molecule has 1 aliphatic rings. The zero-order chi connectivity index (χ0) is 26.7. The number of allylic oxidation sites excluding steroid dienone is 2. The van der Waals surface area contributed by atoms with Crippen LogP contribution in [0.2, 0.25) is 10.0 Å². The van der Waals surface area contributed by atoms with Gasteiger partial charge in [-0.3, -0.25) is 0 Å². The molecule has 1 amide bonds. The molecule has 2 unspecified atom stereocenters. The second kappa shape index (κ2) is 11.1. The van der Waals surface area contributed by atoms with E-state index < -0.39 is 17.3 Å². The Hall–Kier alpha value is -3.78. The fraction of sp³-hybridized carbons (Fsp3) is 0.107. The number of likely N-dealkylation sites (N-methyl/N-ethyl adjacent to an activating group) is 1. The molecule has 9 heteroatoms. The van der Waals surface area contributed by atoms with Crippen LogP contribution in [0.15, 0.2) is 89.7 Å². The van der Waals surface area contributed by atoms with Crippen LogP contribution in [0.4, 0.5) is 4.39 Å². The van der Waals surface area contributed by atoms with Crippen LogP contribution in [0.1, 0.15) is 33.8 Å². The van der Waals surface area contributed by atoms with Crippen LogP contribution in [0.3, 0.4) is 0 Å². The van der Waals surface area contributed by atoms with Crippen molar-refractivity contribution in [2.24, 2.45) is 5.16 Å². The molecular weight excluding hydrogens is 518 g/mol. The fourth-order valence-corrected chi connectivity index (χ4v) is 4.75. The maximum absolute atomic E-state index is 14.2. The highest BCUT2D eigenvalue weighted by molar-refractivity contribution is 6.35. The van der Waals surface area contributed by atoms with E-state index in [0.29, 0.717) is 37.4 Å². The van der Waals surface area contributed by atoms with Gasteiger partial charge in [-0.05, 0) is 52.6 Å². The Morgan fingerprint density at radius 3 is 2.32 bits per heavy atom. The summed E-state index contributed by atoms with van der Waals surface area (Å²) in [6, 6.07) is 16.4. The molecule has 0 aliphatic carbocycles. The second-order valence-electron chi connectivity index (χ2n) is 8.57. The molecule has 37 heavy (non-hydrogen) atoms. The third kappa shape index (κ3) is 5.80. The molecule has 3 aromatic carbocycles. The number of hydrogen-bond acceptors (Lipinski definition) is 4. The van der Waals surface area contributed by atoms with E-state index >= 15 is 0 Å². The number of amides is 1. The Bertz CT molecular complexity index is 1470. The number of aromatic carboxylic acids is 1. The predicted octanol–water partition coefficient (Wildman–Crippen LogP) is 5.34. The van der Waals surface area contributed by atoms with Gasteiger partial charge in [0.05, 0.1) is 23.9 Å². The first-order valence-corrected chi connectivity index (χ1v) is 12.0. The Kier molecular flexibility index (Phi) is 7.88. The number of carboxylic acid groups (broad SMARTS) is 1. The minimum Gasteiger partial charge on any atom is -0.478 e. The average molecular weight is 540 g/mol. The summed E-state index contributed by atoms with van der Waals surface area (Å²) in [6.07, 6.45) is 4.99. The summed E-state index contributed by atoms with van der Waals surface area (Å²) < 4.78 is 14.2. The van der Waals surface area contributed by atoms with Gasteiger partial charge in [0.2, 0.25) is 0 Å². The summed E-state index contributed by atoms with van der Waals surface area (Å²) in [7, 11) is 1.69. The lowest BCUT2D eigenvalue weighted by Crippen LogP contribution is -3.07. The summed E-state index contributed by atoms with van der Waals surface area (Å²) in [5.74, 6) is -2.60. The van der Waals surface area contributed by atoms with Crippen LogP contribution in [-0.2, 0) is 4.79 Å². The van der Waals surface area contributed by atoms with Gasteiger partial charge in [-0.1, -0.05) is 64.8 Å². The highest BCUT2D eigenvalue weighted by atomic mass is 35.5. The number of halogens is 3. The molecule has 188 valence electrons. The normalized spacial score (nSPS) is 16.4. The zero-order valence-electron chi connectivity index (χ0n) is 19.6. The number of carboxylic acids is 1. The molecule has 3 aromatic rings. The standard InChI is InChI=1S/C28H21Cl2FN2O4/c1-33-15-19(7-11-27(33)34)26(32-37)14-23(21-10-8-20(29)13-24(21)30)17-4-2-16(3-5-17)18-6-9-22(28(35)36)25(31)12-18/h2-13,15,23,37H,14H2,1H3,(H,35,36)/p+1. The summed E-state index contributed by atoms with van der Waals surface area (Å²) in [5.41, 5.74) is 3.41. The van der Waals surface area contributed by atoms with E-state index in [-0.39, 0.29) is 18.2 Å². The van der Waals surface area contributed by atoms with Gasteiger partial charge in [0.25, 0.3) is 0 Å². The first-order valence-electron chi connectivity index (χ1n) is 11.2. The fourth-order valence-electron chi connectivity index (χ4n) is 4.21. The first-order chi connectivity index (χ1) is 17.7. The van der Waals surface area contributed by atoms with Crippen molar-refractivity contribution in [2.75, 3.05) is 7.05 Å². The van der Waals surface area contributed by atoms with Crippen molar-refractivity contribution in [1.29, 1.82) is 0 Å². The van der Waals surface area contributed by atoms with Crippen LogP contribution in [0.25, 0.3) is 11.1 Å². The zero-order valence-corrected chi connectivity index (χ0v) is 21.1. The quantitative estimate of drug-likeness (QED) is 0.214. The molecule has 0 bridgehead atoms. The van der Waals surface area contributed by atoms with Gasteiger partial charge in [-0.25, -0.2) is 18.9 Å². The van der Waals surface area contributed by atoms with Crippen molar-refractivity contribution in [3.8, 4) is 11.1 Å². The molecule has 1 heterocycles. The van der Waals surface area contributed by atoms with E-state index in [1.54, 1.807) is 49.7 Å². The predicted molar refractivity (Wildman–Crippen MR) is 140 cm³/mol. The molecule has 0 fully saturated rings. The average Bonchev–Trinajstić information content (AvgIpc) is 2.87. The van der Waals surface area contributed by atoms with Gasteiger partial charge < -0.3 is 10.3 Å². The van der Waals surface area contributed by atoms with Crippen molar-refractivity contribution in [3.05, 3.63) is 117 Å². The molecule has 0 saturated carbocycles. The molecule has 0 aromatic heterocycles. The Morgan fingerprint density at radius 1 is 1.03 bits per heavy atom. The van der Waals surface area contributed by atoms with E-state index in [1.807, 2.05) is 18.2 Å². The number of carbonyl (C=O) groups excluding carboxylic acids is 1. The van der Waals surface area contributed by atoms with Crippen LogP contribution in [0, 0.1) is 5.82 Å². The number of rotatable bonds is 7. The van der Waals surface area contributed by atoms with Crippen LogP contribution in [0.5, 0.6) is 0 Å². The molecule has 0 saturated heterocycles. The second-order valence-corrected chi connectivity index (χ2v) is 9.41. The molecule has 4 rings (SSSR count). The minimum absolute atomic E-state index is 0.109. The van der Waals surface area contributed by atoms with E-state index in [2.05, 4.69) is 5.16 Å². The summed E-state index contributed by atoms with van der Waals surface area (Å²) in [5, 5.41) is 23.4. The smallest absolute Gasteiger partial charge is 0.341 e. The summed E-state index contributed by atoms with van der Waals surface area (Å²) in [4.78, 5) is 23.5. The van der Waals surface area contributed by atoms with Gasteiger partial charge in [0.15, 0.2) is 0 Å². The van der Waals surface area contributed by atoms with Crippen molar-refractivity contribution in [1.82, 2.24) is 0 Å². The lowest BCUT2D eigenvalue weighted by molar-refractivity contribution is -0.737. The number of hydrogen-bond donors (Lipinski definition) is 3. The van der Waals surface area contributed by atoms with Gasteiger partial charge in [-0.2, -0.15) is 0 Å². The van der Waals surface area contributed by atoms with Crippen molar-refractivity contribution < 1.29 is 29.2 Å². The monoisotopic (exact) mass is 539 g/mol. The lowest BCUT2D eigenvalue weighted by atomic mass is 9.84. The van der Waals surface area contributed by atoms with Crippen molar-refractivity contribution in [2.45, 2.75) is 12.3 Å². The van der Waals surface area contributed by atoms with Gasteiger partial charge in [0.1, 0.15) is 12.0 Å². The third-order valence-electron chi connectivity index (χ3n) is 6.21. The lowest BCUT2D eigenvalue weighted by Gasteiger charge is -2.21. The highest BCUT2D eigenvalue weighted by Gasteiger charge is 2.25. The SMILES string of the molecule is C[NH+]1C=C(C(CC(c2ccc(-c3ccc(C(=O)O)c(F)c3)cc2)c2ccc(Cl)cc2Cl)=NO)C=CC1=O. The Labute approximate surface area is 222 Å². The topological polar surface area (TPSA) is 91.4 Å². The maximum Gasteiger partial charge on any atom is 0.341 e. The van der Waals surface area contributed by atoms with Crippen molar-refractivity contribution >= 4 is 40.8 Å². The van der Waals surface area contributed by atoms with Gasteiger partial charge >= 0.3 is 11.9 Å². The molecule has 3 N–H and O–H groups in total. The number of nitrogens with zero attached hydrogens (tertiary/aromatic N) is 1. The molecule has 1 aliphatic heterocycles. The largest absolute Gasteiger partial charge is 0.478 e. The number of carbonyl (C=O) groups is 2. The number of nitrogens with one attached hydrogen (secondary N) is 1. The van der Waals surface area contributed by atoms with Gasteiger partial charge in [-0.15, -0.1) is 0 Å². The number of oxime groups is 1. The van der Waals surface area contributed by atoms with Crippen LogP contribution in [-0.4, -0.2) is 34.9 Å². The third-order valence-corrected chi connectivity index (χ3v) is 6.77. The van der Waals surface area contributed by atoms with E-state index in [9.17, 15) is 19.2 Å². The van der Waals surface area contributed by atoms with E-state index in [4.69, 9.17) is 28.3 Å². The molecule has 0 radical (unpaired) electrons. The number of quaternary nitrogens is 1. The summed E-state index contributed by atoms with van der Waals surface area (Å²) in [6.45, 7) is 0. The van der Waals surface area contributed by atoms with Crippen molar-refractivity contribution in [3.63, 3.8) is 0 Å². The molecular formula is C28H22Cl2FN2O4+. The van der Waals surface area contributed by atoms with E-state index in [1.165, 1.54) is 18.2 Å². The number of benzene rings is 3. The molecule has 6 nitrogen and oxygen atoms in total. The minimum atomic E-state index is -1.33. The van der Waals surface area contributed by atoms with E-state index in [0.717, 1.165) is 11.1 Å². The van der Waals surface area contributed by atoms with Crippen LogP contribution >= 0.6 is 23.2 Å². The summed E-state index contributed by atoms with van der Waals surface area (Å²) >= 11 is 12.7. The van der Waals surface area contributed by atoms with Gasteiger partial charge in [0, 0.05) is 28.5 Å².